The number of Topliss-reactive ketones (excluding diaryl/α,β-unsaturated/α-hetero) is 1. The van der Waals surface area contributed by atoms with Gasteiger partial charge >= 0.3 is 0 Å². The van der Waals surface area contributed by atoms with Crippen molar-refractivity contribution in [2.24, 2.45) is 0 Å². The maximum Gasteiger partial charge on any atom is 0.204 e. The molecule has 4 heteroatoms. The van der Waals surface area contributed by atoms with Gasteiger partial charge in [-0.15, -0.1) is 0 Å². The fourth-order valence-corrected chi connectivity index (χ4v) is 2.13. The van der Waals surface area contributed by atoms with Crippen LogP contribution in [0, 0.1) is 0 Å². The molecule has 0 saturated heterocycles. The van der Waals surface area contributed by atoms with E-state index < -0.39 is 0 Å². The van der Waals surface area contributed by atoms with Gasteiger partial charge in [0.2, 0.25) is 5.78 Å². The quantitative estimate of drug-likeness (QED) is 0.679. The van der Waals surface area contributed by atoms with Crippen LogP contribution in [0.25, 0.3) is 11.0 Å². The second-order valence-corrected chi connectivity index (χ2v) is 5.13. The van der Waals surface area contributed by atoms with Gasteiger partial charge in [-0.3, -0.25) is 9.48 Å². The second kappa shape index (κ2) is 4.96. The zero-order valence-corrected chi connectivity index (χ0v) is 11.5. The molecule has 2 aromatic heterocycles. The molecule has 1 aromatic carbocycles. The molecule has 0 radical (unpaired) electrons. The van der Waals surface area contributed by atoms with Gasteiger partial charge in [-0.05, 0) is 32.0 Å². The first-order valence-electron chi connectivity index (χ1n) is 6.69. The van der Waals surface area contributed by atoms with Crippen LogP contribution in [0.5, 0.6) is 0 Å². The SMILES string of the molecule is CC(C)n1ccc(CC(=O)c2cc3ccccc3o2)n1. The van der Waals surface area contributed by atoms with Crippen molar-refractivity contribution in [3.05, 3.63) is 54.0 Å². The summed E-state index contributed by atoms with van der Waals surface area (Å²) < 4.78 is 7.42. The lowest BCUT2D eigenvalue weighted by atomic mass is 10.1. The maximum absolute atomic E-state index is 12.2. The fourth-order valence-electron chi connectivity index (χ4n) is 2.13. The molecule has 20 heavy (non-hydrogen) atoms. The van der Waals surface area contributed by atoms with Crippen LogP contribution in [0.2, 0.25) is 0 Å². The van der Waals surface area contributed by atoms with Crippen LogP contribution >= 0.6 is 0 Å². The molecule has 2 heterocycles. The summed E-state index contributed by atoms with van der Waals surface area (Å²) in [6, 6.07) is 11.6. The third-order valence-corrected chi connectivity index (χ3v) is 3.23. The van der Waals surface area contributed by atoms with Crippen molar-refractivity contribution < 1.29 is 9.21 Å². The highest BCUT2D eigenvalue weighted by Gasteiger charge is 2.14. The molecule has 3 aromatic rings. The van der Waals surface area contributed by atoms with E-state index in [4.69, 9.17) is 4.42 Å². The molecule has 3 rings (SSSR count). The van der Waals surface area contributed by atoms with E-state index in [2.05, 4.69) is 18.9 Å². The molecule has 0 atom stereocenters. The number of benzene rings is 1. The first-order chi connectivity index (χ1) is 9.63. The molecule has 0 amide bonds. The number of nitrogens with zero attached hydrogens (tertiary/aromatic N) is 2. The van der Waals surface area contributed by atoms with Crippen molar-refractivity contribution >= 4 is 16.8 Å². The number of aromatic nitrogens is 2. The van der Waals surface area contributed by atoms with Crippen LogP contribution in [0.1, 0.15) is 36.1 Å². The molecule has 0 unspecified atom stereocenters. The molecular weight excluding hydrogens is 252 g/mol. The average Bonchev–Trinajstić information content (AvgIpc) is 3.04. The van der Waals surface area contributed by atoms with E-state index in [0.29, 0.717) is 11.8 Å². The van der Waals surface area contributed by atoms with Crippen LogP contribution in [-0.2, 0) is 6.42 Å². The van der Waals surface area contributed by atoms with E-state index in [-0.39, 0.29) is 12.2 Å². The molecule has 0 spiro atoms. The van der Waals surface area contributed by atoms with Crippen LogP contribution in [-0.4, -0.2) is 15.6 Å². The van der Waals surface area contributed by atoms with Crippen LogP contribution in [0.4, 0.5) is 0 Å². The monoisotopic (exact) mass is 268 g/mol. The number of para-hydroxylation sites is 1. The lowest BCUT2D eigenvalue weighted by Gasteiger charge is -2.03. The van der Waals surface area contributed by atoms with E-state index in [1.54, 1.807) is 6.07 Å². The van der Waals surface area contributed by atoms with Gasteiger partial charge in [0.1, 0.15) is 5.58 Å². The molecular formula is C16H16N2O2. The van der Waals surface area contributed by atoms with E-state index in [0.717, 1.165) is 16.7 Å². The minimum Gasteiger partial charge on any atom is -0.453 e. The predicted molar refractivity (Wildman–Crippen MR) is 76.9 cm³/mol. The van der Waals surface area contributed by atoms with Crippen molar-refractivity contribution in [1.82, 2.24) is 9.78 Å². The number of carbonyl (C=O) groups excluding carboxylic acids is 1. The summed E-state index contributed by atoms with van der Waals surface area (Å²) in [5.41, 5.74) is 1.51. The number of fused-ring (bicyclic) bond motifs is 1. The smallest absolute Gasteiger partial charge is 0.204 e. The summed E-state index contributed by atoms with van der Waals surface area (Å²) in [5, 5.41) is 5.33. The number of hydrogen-bond donors (Lipinski definition) is 0. The summed E-state index contributed by atoms with van der Waals surface area (Å²) in [4.78, 5) is 12.2. The first-order valence-corrected chi connectivity index (χ1v) is 6.69. The zero-order chi connectivity index (χ0) is 14.1. The number of rotatable bonds is 4. The lowest BCUT2D eigenvalue weighted by Crippen LogP contribution is -2.05. The molecule has 0 saturated carbocycles. The average molecular weight is 268 g/mol. The third-order valence-electron chi connectivity index (χ3n) is 3.23. The third kappa shape index (κ3) is 2.37. The highest BCUT2D eigenvalue weighted by molar-refractivity contribution is 5.98. The van der Waals surface area contributed by atoms with Crippen molar-refractivity contribution in [3.63, 3.8) is 0 Å². The van der Waals surface area contributed by atoms with E-state index in [9.17, 15) is 4.79 Å². The van der Waals surface area contributed by atoms with Crippen molar-refractivity contribution in [2.75, 3.05) is 0 Å². The van der Waals surface area contributed by atoms with Gasteiger partial charge in [-0.1, -0.05) is 18.2 Å². The van der Waals surface area contributed by atoms with Gasteiger partial charge in [0.15, 0.2) is 5.76 Å². The molecule has 0 fully saturated rings. The van der Waals surface area contributed by atoms with Gasteiger partial charge in [-0.2, -0.15) is 5.10 Å². The Kier molecular flexibility index (Phi) is 3.14. The van der Waals surface area contributed by atoms with E-state index >= 15 is 0 Å². The summed E-state index contributed by atoms with van der Waals surface area (Å²) in [5.74, 6) is 0.348. The Hall–Kier alpha value is -2.36. The number of hydrogen-bond acceptors (Lipinski definition) is 3. The summed E-state index contributed by atoms with van der Waals surface area (Å²) in [7, 11) is 0. The summed E-state index contributed by atoms with van der Waals surface area (Å²) in [6.45, 7) is 4.11. The van der Waals surface area contributed by atoms with Gasteiger partial charge in [0.05, 0.1) is 12.1 Å². The Balaban J connectivity index is 1.81. The minimum atomic E-state index is -0.0461. The first kappa shape index (κ1) is 12.7. The topological polar surface area (TPSA) is 48.0 Å². The molecule has 0 aliphatic rings. The minimum absolute atomic E-state index is 0.0461. The standard InChI is InChI=1S/C16H16N2O2/c1-11(2)18-8-7-13(17-18)10-14(19)16-9-12-5-3-4-6-15(12)20-16/h3-9,11H,10H2,1-2H3. The maximum atomic E-state index is 12.2. The Labute approximate surface area is 117 Å². The summed E-state index contributed by atoms with van der Waals surface area (Å²) >= 11 is 0. The van der Waals surface area contributed by atoms with Gasteiger partial charge in [-0.25, -0.2) is 0 Å². The van der Waals surface area contributed by atoms with Gasteiger partial charge in [0.25, 0.3) is 0 Å². The van der Waals surface area contributed by atoms with Gasteiger partial charge in [0, 0.05) is 17.6 Å². The van der Waals surface area contributed by atoms with E-state index in [1.807, 2.05) is 41.2 Å². The molecule has 0 aliphatic carbocycles. The van der Waals surface area contributed by atoms with Crippen LogP contribution < -0.4 is 0 Å². The van der Waals surface area contributed by atoms with Gasteiger partial charge < -0.3 is 4.42 Å². The molecule has 0 N–H and O–H groups in total. The Morgan fingerprint density at radius 2 is 2.10 bits per heavy atom. The highest BCUT2D eigenvalue weighted by Crippen LogP contribution is 2.20. The molecule has 102 valence electrons. The predicted octanol–water partition coefficient (Wildman–Crippen LogP) is 3.64. The Morgan fingerprint density at radius 1 is 1.30 bits per heavy atom. The molecule has 0 aliphatic heterocycles. The van der Waals surface area contributed by atoms with Crippen molar-refractivity contribution in [2.45, 2.75) is 26.3 Å². The highest BCUT2D eigenvalue weighted by atomic mass is 16.3. The Morgan fingerprint density at radius 3 is 2.80 bits per heavy atom. The number of ketones is 1. The zero-order valence-electron chi connectivity index (χ0n) is 11.5. The Bertz CT molecular complexity index is 720. The molecule has 4 nitrogen and oxygen atoms in total. The molecule has 0 bridgehead atoms. The normalized spacial score (nSPS) is 11.3. The van der Waals surface area contributed by atoms with Crippen LogP contribution in [0.15, 0.2) is 47.0 Å². The largest absolute Gasteiger partial charge is 0.453 e. The fraction of sp³-hybridized carbons (Fsp3) is 0.250. The summed E-state index contributed by atoms with van der Waals surface area (Å²) in [6.07, 6.45) is 2.16. The number of carbonyl (C=O) groups is 1. The van der Waals surface area contributed by atoms with Crippen molar-refractivity contribution in [3.8, 4) is 0 Å². The van der Waals surface area contributed by atoms with Crippen molar-refractivity contribution in [1.29, 1.82) is 0 Å². The van der Waals surface area contributed by atoms with E-state index in [1.165, 1.54) is 0 Å². The lowest BCUT2D eigenvalue weighted by molar-refractivity contribution is 0.0967. The second-order valence-electron chi connectivity index (χ2n) is 5.13. The number of furan rings is 1. The van der Waals surface area contributed by atoms with Crippen LogP contribution in [0.3, 0.4) is 0 Å².